The summed E-state index contributed by atoms with van der Waals surface area (Å²) < 4.78 is 6.46. The Hall–Kier alpha value is -1.23. The van der Waals surface area contributed by atoms with E-state index >= 15 is 0 Å². The minimum atomic E-state index is -0.469. The first-order valence-corrected chi connectivity index (χ1v) is 8.58. The van der Waals surface area contributed by atoms with Crippen LogP contribution in [0.1, 0.15) is 46.5 Å². The van der Waals surface area contributed by atoms with Gasteiger partial charge in [-0.05, 0) is 57.9 Å². The Morgan fingerprint density at radius 2 is 1.82 bits per heavy atom. The molecule has 0 unspecified atom stereocenters. The standard InChI is InChI=1S/C17H25BrN2O2/c1-16(2,3)22-15(21)20-17(10-4-5-11-17)12-19-14-8-6-13(18)7-9-14/h6-9,19H,4-5,10-12H2,1-3H3,(H,20,21). The minimum Gasteiger partial charge on any atom is -0.444 e. The van der Waals surface area contributed by atoms with Crippen molar-refractivity contribution < 1.29 is 9.53 Å². The lowest BCUT2D eigenvalue weighted by atomic mass is 9.97. The van der Waals surface area contributed by atoms with Gasteiger partial charge >= 0.3 is 6.09 Å². The quantitative estimate of drug-likeness (QED) is 0.809. The molecule has 1 aliphatic rings. The average Bonchev–Trinajstić information content (AvgIpc) is 2.84. The number of carbonyl (C=O) groups is 1. The molecule has 1 aromatic carbocycles. The Balaban J connectivity index is 1.96. The zero-order valence-corrected chi connectivity index (χ0v) is 15.1. The Kier molecular flexibility index (Phi) is 5.37. The number of nitrogens with one attached hydrogen (secondary N) is 2. The van der Waals surface area contributed by atoms with Gasteiger partial charge in [-0.2, -0.15) is 0 Å². The van der Waals surface area contributed by atoms with Crippen LogP contribution in [0.15, 0.2) is 28.7 Å². The molecule has 5 heteroatoms. The van der Waals surface area contributed by atoms with E-state index in [2.05, 4.69) is 26.6 Å². The zero-order chi connectivity index (χ0) is 16.2. The van der Waals surface area contributed by atoms with Crippen LogP contribution in [0.4, 0.5) is 10.5 Å². The minimum absolute atomic E-state index is 0.213. The van der Waals surface area contributed by atoms with Crippen molar-refractivity contribution in [1.29, 1.82) is 0 Å². The number of rotatable bonds is 4. The molecular weight excluding hydrogens is 344 g/mol. The molecule has 1 amide bonds. The van der Waals surface area contributed by atoms with Crippen LogP contribution < -0.4 is 10.6 Å². The number of ether oxygens (including phenoxy) is 1. The molecule has 1 aromatic rings. The molecule has 1 saturated carbocycles. The van der Waals surface area contributed by atoms with Gasteiger partial charge in [0.25, 0.3) is 0 Å². The van der Waals surface area contributed by atoms with Gasteiger partial charge in [-0.1, -0.05) is 28.8 Å². The van der Waals surface area contributed by atoms with E-state index in [1.54, 1.807) is 0 Å². The third-order valence-electron chi connectivity index (χ3n) is 3.80. The van der Waals surface area contributed by atoms with Gasteiger partial charge in [0.05, 0.1) is 5.54 Å². The van der Waals surface area contributed by atoms with Crippen molar-refractivity contribution in [2.75, 3.05) is 11.9 Å². The summed E-state index contributed by atoms with van der Waals surface area (Å²) in [5, 5.41) is 6.53. The molecule has 4 nitrogen and oxygen atoms in total. The van der Waals surface area contributed by atoms with Gasteiger partial charge in [0.1, 0.15) is 5.60 Å². The lowest BCUT2D eigenvalue weighted by Gasteiger charge is -2.32. The third kappa shape index (κ3) is 5.20. The SMILES string of the molecule is CC(C)(C)OC(=O)NC1(CNc2ccc(Br)cc2)CCCC1. The molecule has 1 fully saturated rings. The molecule has 0 bridgehead atoms. The summed E-state index contributed by atoms with van der Waals surface area (Å²) in [6.45, 7) is 6.36. The Morgan fingerprint density at radius 3 is 2.36 bits per heavy atom. The third-order valence-corrected chi connectivity index (χ3v) is 4.33. The number of halogens is 1. The fraction of sp³-hybridized carbons (Fsp3) is 0.588. The highest BCUT2D eigenvalue weighted by molar-refractivity contribution is 9.10. The van der Waals surface area contributed by atoms with Crippen LogP contribution in [0.3, 0.4) is 0 Å². The number of anilines is 1. The zero-order valence-electron chi connectivity index (χ0n) is 13.5. The number of hydrogen-bond acceptors (Lipinski definition) is 3. The Labute approximate surface area is 141 Å². The Morgan fingerprint density at radius 1 is 1.23 bits per heavy atom. The molecule has 122 valence electrons. The van der Waals surface area contributed by atoms with Gasteiger partial charge in [-0.15, -0.1) is 0 Å². The second-order valence-electron chi connectivity index (χ2n) is 6.97. The second-order valence-corrected chi connectivity index (χ2v) is 7.89. The highest BCUT2D eigenvalue weighted by Gasteiger charge is 2.36. The first-order valence-electron chi connectivity index (χ1n) is 7.79. The smallest absolute Gasteiger partial charge is 0.408 e. The van der Waals surface area contributed by atoms with Gasteiger partial charge in [-0.3, -0.25) is 0 Å². The molecule has 0 aromatic heterocycles. The van der Waals surface area contributed by atoms with E-state index in [0.717, 1.165) is 35.8 Å². The first kappa shape index (κ1) is 17.1. The van der Waals surface area contributed by atoms with Gasteiger partial charge < -0.3 is 15.4 Å². The van der Waals surface area contributed by atoms with E-state index in [0.29, 0.717) is 6.54 Å². The predicted octanol–water partition coefficient (Wildman–Crippen LogP) is 4.70. The molecule has 1 aliphatic carbocycles. The van der Waals surface area contributed by atoms with Crippen molar-refractivity contribution in [1.82, 2.24) is 5.32 Å². The van der Waals surface area contributed by atoms with Crippen molar-refractivity contribution >= 4 is 27.7 Å². The average molecular weight is 369 g/mol. The van der Waals surface area contributed by atoms with Crippen LogP contribution in [0.25, 0.3) is 0 Å². The second kappa shape index (κ2) is 6.90. The number of carbonyl (C=O) groups excluding carboxylic acids is 1. The van der Waals surface area contributed by atoms with Crippen LogP contribution in [-0.2, 0) is 4.74 Å². The van der Waals surface area contributed by atoms with E-state index in [-0.39, 0.29) is 11.6 Å². The van der Waals surface area contributed by atoms with Gasteiger partial charge in [-0.25, -0.2) is 4.79 Å². The largest absolute Gasteiger partial charge is 0.444 e. The van der Waals surface area contributed by atoms with Crippen molar-refractivity contribution in [2.45, 2.75) is 57.6 Å². The maximum absolute atomic E-state index is 12.1. The lowest BCUT2D eigenvalue weighted by Crippen LogP contribution is -2.52. The Bertz CT molecular complexity index is 502. The number of benzene rings is 1. The molecule has 0 aliphatic heterocycles. The van der Waals surface area contributed by atoms with Crippen LogP contribution in [0.2, 0.25) is 0 Å². The molecule has 0 saturated heterocycles. The molecule has 0 atom stereocenters. The maximum atomic E-state index is 12.1. The summed E-state index contributed by atoms with van der Waals surface area (Å²) in [5.74, 6) is 0. The summed E-state index contributed by atoms with van der Waals surface area (Å²) in [6, 6.07) is 8.07. The topological polar surface area (TPSA) is 50.4 Å². The van der Waals surface area contributed by atoms with Crippen molar-refractivity contribution in [3.05, 3.63) is 28.7 Å². The molecule has 0 spiro atoms. The van der Waals surface area contributed by atoms with Crippen molar-refractivity contribution in [3.63, 3.8) is 0 Å². The first-order chi connectivity index (χ1) is 10.3. The summed E-state index contributed by atoms with van der Waals surface area (Å²) >= 11 is 3.43. The summed E-state index contributed by atoms with van der Waals surface area (Å²) in [6.07, 6.45) is 3.91. The monoisotopic (exact) mass is 368 g/mol. The molecule has 22 heavy (non-hydrogen) atoms. The summed E-state index contributed by atoms with van der Waals surface area (Å²) in [5.41, 5.74) is 0.374. The molecule has 0 radical (unpaired) electrons. The summed E-state index contributed by atoms with van der Waals surface area (Å²) in [4.78, 5) is 12.1. The van der Waals surface area contributed by atoms with Crippen LogP contribution in [-0.4, -0.2) is 23.8 Å². The van der Waals surface area contributed by atoms with Gasteiger partial charge in [0.2, 0.25) is 0 Å². The van der Waals surface area contributed by atoms with E-state index < -0.39 is 5.60 Å². The fourth-order valence-corrected chi connectivity index (χ4v) is 3.02. The molecule has 0 heterocycles. The molecular formula is C17H25BrN2O2. The number of alkyl carbamates (subject to hydrolysis) is 1. The van der Waals surface area contributed by atoms with E-state index in [1.165, 1.54) is 0 Å². The lowest BCUT2D eigenvalue weighted by molar-refractivity contribution is 0.0463. The number of hydrogen-bond donors (Lipinski definition) is 2. The van der Waals surface area contributed by atoms with E-state index in [9.17, 15) is 4.79 Å². The predicted molar refractivity (Wildman–Crippen MR) is 93.2 cm³/mol. The van der Waals surface area contributed by atoms with Crippen LogP contribution in [0, 0.1) is 0 Å². The highest BCUT2D eigenvalue weighted by atomic mass is 79.9. The van der Waals surface area contributed by atoms with Crippen LogP contribution in [0.5, 0.6) is 0 Å². The number of amides is 1. The van der Waals surface area contributed by atoms with E-state index in [1.807, 2.05) is 45.0 Å². The fourth-order valence-electron chi connectivity index (χ4n) is 2.76. The van der Waals surface area contributed by atoms with Gasteiger partial charge in [0, 0.05) is 16.7 Å². The summed E-state index contributed by atoms with van der Waals surface area (Å²) in [7, 11) is 0. The van der Waals surface area contributed by atoms with Gasteiger partial charge in [0.15, 0.2) is 0 Å². The van der Waals surface area contributed by atoms with Crippen molar-refractivity contribution in [2.24, 2.45) is 0 Å². The van der Waals surface area contributed by atoms with Crippen LogP contribution >= 0.6 is 15.9 Å². The highest BCUT2D eigenvalue weighted by Crippen LogP contribution is 2.30. The molecule has 2 N–H and O–H groups in total. The van der Waals surface area contributed by atoms with E-state index in [4.69, 9.17) is 4.74 Å². The molecule has 2 rings (SSSR count). The van der Waals surface area contributed by atoms with Crippen molar-refractivity contribution in [3.8, 4) is 0 Å². The maximum Gasteiger partial charge on any atom is 0.408 e. The normalized spacial score (nSPS) is 17.1.